The fourth-order valence-corrected chi connectivity index (χ4v) is 1.53. The average molecular weight is 171 g/mol. The molecule has 1 unspecified atom stereocenters. The van der Waals surface area contributed by atoms with E-state index >= 15 is 0 Å². The number of hydrogen-bond donors (Lipinski definition) is 2. The molecule has 0 saturated heterocycles. The van der Waals surface area contributed by atoms with E-state index in [0.717, 1.165) is 25.4 Å². The van der Waals surface area contributed by atoms with E-state index in [-0.39, 0.29) is 0 Å². The summed E-state index contributed by atoms with van der Waals surface area (Å²) in [5.41, 5.74) is 0. The quantitative estimate of drug-likeness (QED) is 0.633. The van der Waals surface area contributed by atoms with Gasteiger partial charge in [0, 0.05) is 13.2 Å². The van der Waals surface area contributed by atoms with Crippen LogP contribution in [-0.2, 0) is 0 Å². The summed E-state index contributed by atoms with van der Waals surface area (Å²) < 4.78 is 0. The smallest absolute Gasteiger partial charge is 0.0471 e. The predicted octanol–water partition coefficient (Wildman–Crippen LogP) is 1.39. The third kappa shape index (κ3) is 3.11. The maximum Gasteiger partial charge on any atom is 0.0471 e. The summed E-state index contributed by atoms with van der Waals surface area (Å²) in [5.74, 6) is 1.39. The Bertz CT molecular complexity index is 108. The molecule has 1 rings (SSSR count). The van der Waals surface area contributed by atoms with Crippen LogP contribution in [0.3, 0.4) is 0 Å². The molecule has 1 aliphatic carbocycles. The molecule has 1 aliphatic rings. The first-order valence-electron chi connectivity index (χ1n) is 5.18. The molecule has 0 bridgehead atoms. The van der Waals surface area contributed by atoms with E-state index in [1.807, 2.05) is 0 Å². The van der Waals surface area contributed by atoms with E-state index in [0.29, 0.717) is 12.5 Å². The summed E-state index contributed by atoms with van der Waals surface area (Å²) >= 11 is 0. The molecule has 2 N–H and O–H groups in total. The molecule has 0 aromatic heterocycles. The normalized spacial score (nSPS) is 20.5. The molecule has 0 radical (unpaired) electrons. The van der Waals surface area contributed by atoms with Crippen molar-refractivity contribution in [3.05, 3.63) is 0 Å². The summed E-state index contributed by atoms with van der Waals surface area (Å²) in [6.07, 6.45) is 5.31. The second-order valence-electron chi connectivity index (χ2n) is 3.91. The molecule has 0 heterocycles. The van der Waals surface area contributed by atoms with Crippen LogP contribution in [0.5, 0.6) is 0 Å². The maximum atomic E-state index is 8.92. The van der Waals surface area contributed by atoms with Crippen LogP contribution >= 0.6 is 0 Å². The van der Waals surface area contributed by atoms with E-state index in [1.165, 1.54) is 19.3 Å². The molecule has 1 atom stereocenters. The third-order valence-electron chi connectivity index (χ3n) is 2.93. The van der Waals surface area contributed by atoms with Crippen molar-refractivity contribution in [1.29, 1.82) is 0 Å². The van der Waals surface area contributed by atoms with Crippen LogP contribution in [0.25, 0.3) is 0 Å². The Hall–Kier alpha value is -0.0800. The number of aliphatic hydroxyl groups excluding tert-OH is 1. The first-order valence-corrected chi connectivity index (χ1v) is 5.18. The molecule has 0 spiro atoms. The predicted molar refractivity (Wildman–Crippen MR) is 51.1 cm³/mol. The fraction of sp³-hybridized carbons (Fsp3) is 1.00. The van der Waals surface area contributed by atoms with Crippen molar-refractivity contribution in [3.8, 4) is 0 Å². The van der Waals surface area contributed by atoms with Crippen LogP contribution in [0, 0.1) is 11.8 Å². The molecule has 0 aromatic carbocycles. The Labute approximate surface area is 75.4 Å². The van der Waals surface area contributed by atoms with Gasteiger partial charge in [0.05, 0.1) is 0 Å². The molecule has 2 nitrogen and oxygen atoms in total. The maximum absolute atomic E-state index is 8.92. The monoisotopic (exact) mass is 171 g/mol. The highest BCUT2D eigenvalue weighted by Gasteiger charge is 2.16. The summed E-state index contributed by atoms with van der Waals surface area (Å²) in [6, 6.07) is 0. The summed E-state index contributed by atoms with van der Waals surface area (Å²) in [7, 11) is 0. The van der Waals surface area contributed by atoms with Crippen LogP contribution < -0.4 is 5.32 Å². The van der Waals surface area contributed by atoms with Crippen LogP contribution in [-0.4, -0.2) is 24.8 Å². The number of nitrogens with one attached hydrogen (secondary N) is 1. The van der Waals surface area contributed by atoms with Crippen molar-refractivity contribution in [2.24, 2.45) is 11.8 Å². The van der Waals surface area contributed by atoms with E-state index in [1.54, 1.807) is 0 Å². The van der Waals surface area contributed by atoms with E-state index in [4.69, 9.17) is 5.11 Å². The Balaban J connectivity index is 1.92. The lowest BCUT2D eigenvalue weighted by atomic mass is 9.85. The van der Waals surface area contributed by atoms with Gasteiger partial charge >= 0.3 is 0 Å². The number of rotatable bonds is 6. The number of hydrogen-bond acceptors (Lipinski definition) is 2. The molecule has 12 heavy (non-hydrogen) atoms. The summed E-state index contributed by atoms with van der Waals surface area (Å²) in [4.78, 5) is 0. The van der Waals surface area contributed by atoms with Gasteiger partial charge in [0.25, 0.3) is 0 Å². The van der Waals surface area contributed by atoms with E-state index in [2.05, 4.69) is 12.2 Å². The zero-order chi connectivity index (χ0) is 8.81. The summed E-state index contributed by atoms with van der Waals surface area (Å²) in [5, 5.41) is 12.4. The Morgan fingerprint density at radius 3 is 2.67 bits per heavy atom. The van der Waals surface area contributed by atoms with Crippen molar-refractivity contribution in [1.82, 2.24) is 5.32 Å². The average Bonchev–Trinajstić information content (AvgIpc) is 2.02. The first-order chi connectivity index (χ1) is 5.86. The van der Waals surface area contributed by atoms with Crippen molar-refractivity contribution >= 4 is 0 Å². The van der Waals surface area contributed by atoms with Crippen LogP contribution in [0.2, 0.25) is 0 Å². The molecule has 0 aliphatic heterocycles. The molecular formula is C10H21NO. The minimum atomic E-state index is 0.328. The summed E-state index contributed by atoms with van der Waals surface area (Å²) in [6.45, 7) is 4.61. The van der Waals surface area contributed by atoms with Gasteiger partial charge in [0.15, 0.2) is 0 Å². The van der Waals surface area contributed by atoms with E-state index in [9.17, 15) is 0 Å². The molecular weight excluding hydrogens is 150 g/mol. The molecule has 0 aromatic rings. The highest BCUT2D eigenvalue weighted by Crippen LogP contribution is 2.25. The topological polar surface area (TPSA) is 32.3 Å². The lowest BCUT2D eigenvalue weighted by Gasteiger charge is -2.26. The third-order valence-corrected chi connectivity index (χ3v) is 2.93. The Morgan fingerprint density at radius 1 is 1.50 bits per heavy atom. The minimum absolute atomic E-state index is 0.328. The largest absolute Gasteiger partial charge is 0.396 e. The highest BCUT2D eigenvalue weighted by molar-refractivity contribution is 4.72. The fourth-order valence-electron chi connectivity index (χ4n) is 1.53. The van der Waals surface area contributed by atoms with Gasteiger partial charge in [-0.25, -0.2) is 0 Å². The minimum Gasteiger partial charge on any atom is -0.396 e. The van der Waals surface area contributed by atoms with Gasteiger partial charge in [0.2, 0.25) is 0 Å². The van der Waals surface area contributed by atoms with Gasteiger partial charge in [-0.15, -0.1) is 0 Å². The van der Waals surface area contributed by atoms with Gasteiger partial charge in [0.1, 0.15) is 0 Å². The van der Waals surface area contributed by atoms with Crippen LogP contribution in [0.4, 0.5) is 0 Å². The molecule has 2 heteroatoms. The molecule has 1 saturated carbocycles. The first kappa shape index (κ1) is 10.0. The van der Waals surface area contributed by atoms with Gasteiger partial charge < -0.3 is 10.4 Å². The van der Waals surface area contributed by atoms with Gasteiger partial charge in [-0.3, -0.25) is 0 Å². The van der Waals surface area contributed by atoms with Crippen molar-refractivity contribution in [2.75, 3.05) is 19.7 Å². The van der Waals surface area contributed by atoms with Gasteiger partial charge in [-0.05, 0) is 37.6 Å². The SMILES string of the molecule is CCC(CO)CNCC1CCC1. The van der Waals surface area contributed by atoms with Gasteiger partial charge in [-0.1, -0.05) is 13.3 Å². The van der Waals surface area contributed by atoms with Crippen molar-refractivity contribution in [2.45, 2.75) is 32.6 Å². The zero-order valence-corrected chi connectivity index (χ0v) is 8.05. The highest BCUT2D eigenvalue weighted by atomic mass is 16.3. The van der Waals surface area contributed by atoms with Crippen LogP contribution in [0.15, 0.2) is 0 Å². The van der Waals surface area contributed by atoms with E-state index < -0.39 is 0 Å². The molecule has 0 amide bonds. The number of aliphatic hydroxyl groups is 1. The lowest BCUT2D eigenvalue weighted by Crippen LogP contribution is -2.32. The van der Waals surface area contributed by atoms with Crippen LogP contribution in [0.1, 0.15) is 32.6 Å². The Morgan fingerprint density at radius 2 is 2.25 bits per heavy atom. The van der Waals surface area contributed by atoms with Crippen molar-refractivity contribution < 1.29 is 5.11 Å². The lowest BCUT2D eigenvalue weighted by molar-refractivity contribution is 0.212. The molecule has 72 valence electrons. The molecule has 1 fully saturated rings. The van der Waals surface area contributed by atoms with Gasteiger partial charge in [-0.2, -0.15) is 0 Å². The zero-order valence-electron chi connectivity index (χ0n) is 8.05. The standard InChI is InChI=1S/C10H21NO/c1-2-9(8-12)6-11-7-10-4-3-5-10/h9-12H,2-8H2,1H3. The Kier molecular flexibility index (Phi) is 4.62. The second-order valence-corrected chi connectivity index (χ2v) is 3.91. The second kappa shape index (κ2) is 5.55. The van der Waals surface area contributed by atoms with Crippen molar-refractivity contribution in [3.63, 3.8) is 0 Å².